The normalized spacial score (nSPS) is 15.0. The molecule has 7 heteroatoms. The summed E-state index contributed by atoms with van der Waals surface area (Å²) in [4.78, 5) is 25.4. The lowest BCUT2D eigenvalue weighted by atomic mass is 9.97. The van der Waals surface area contributed by atoms with Gasteiger partial charge >= 0.3 is 12.0 Å². The molecular weight excluding hydrogens is 315 g/mol. The summed E-state index contributed by atoms with van der Waals surface area (Å²) in [6.07, 6.45) is 1.25. The number of hydrogen-bond donors (Lipinski definition) is 1. The Morgan fingerprint density at radius 3 is 2.54 bits per heavy atom. The van der Waals surface area contributed by atoms with Gasteiger partial charge in [0, 0.05) is 13.1 Å². The number of nitrogens with zero attached hydrogens (tertiary/aromatic N) is 1. The third kappa shape index (κ3) is 5.40. The highest BCUT2D eigenvalue weighted by atomic mass is 19.1. The molecule has 1 aliphatic rings. The van der Waals surface area contributed by atoms with Crippen molar-refractivity contribution >= 4 is 12.0 Å². The number of urea groups is 1. The van der Waals surface area contributed by atoms with Crippen molar-refractivity contribution in [1.29, 1.82) is 0 Å². The van der Waals surface area contributed by atoms with E-state index in [1.165, 1.54) is 24.3 Å². The predicted octanol–water partition coefficient (Wildman–Crippen LogP) is 2.19. The first-order chi connectivity index (χ1) is 11.6. The quantitative estimate of drug-likeness (QED) is 0.638. The lowest BCUT2D eigenvalue weighted by Gasteiger charge is -2.30. The number of halogens is 1. The average Bonchev–Trinajstić information content (AvgIpc) is 2.60. The lowest BCUT2D eigenvalue weighted by molar-refractivity contribution is -0.149. The van der Waals surface area contributed by atoms with Crippen LogP contribution in [0.25, 0.3) is 0 Å². The highest BCUT2D eigenvalue weighted by Gasteiger charge is 2.27. The summed E-state index contributed by atoms with van der Waals surface area (Å²) in [6, 6.07) is 5.55. The molecule has 1 aromatic rings. The molecule has 24 heavy (non-hydrogen) atoms. The summed E-state index contributed by atoms with van der Waals surface area (Å²) in [6.45, 7) is 3.90. The standard InChI is InChI=1S/C17H23FN2O4/c1-2-23-16(21)13-7-10-20(11-8-13)17(22)19-9-12-24-15-5-3-14(18)4-6-15/h3-6,13H,2,7-12H2,1H3,(H,19,22). The Labute approximate surface area is 140 Å². The Bertz CT molecular complexity index is 542. The number of nitrogens with one attached hydrogen (secondary N) is 1. The van der Waals surface area contributed by atoms with Gasteiger partial charge in [0.05, 0.1) is 19.1 Å². The third-order valence-corrected chi connectivity index (χ3v) is 3.86. The van der Waals surface area contributed by atoms with Crippen LogP contribution in [0.5, 0.6) is 5.75 Å². The molecule has 1 aliphatic heterocycles. The van der Waals surface area contributed by atoms with Crippen LogP contribution < -0.4 is 10.1 Å². The van der Waals surface area contributed by atoms with Gasteiger partial charge in [0.1, 0.15) is 18.2 Å². The van der Waals surface area contributed by atoms with E-state index in [-0.39, 0.29) is 23.7 Å². The maximum Gasteiger partial charge on any atom is 0.317 e. The summed E-state index contributed by atoms with van der Waals surface area (Å²) >= 11 is 0. The molecule has 0 bridgehead atoms. The zero-order chi connectivity index (χ0) is 17.4. The zero-order valence-corrected chi connectivity index (χ0v) is 13.8. The summed E-state index contributed by atoms with van der Waals surface area (Å²) < 4.78 is 23.2. The fourth-order valence-electron chi connectivity index (χ4n) is 2.55. The van der Waals surface area contributed by atoms with Crippen molar-refractivity contribution in [2.75, 3.05) is 32.8 Å². The fraction of sp³-hybridized carbons (Fsp3) is 0.529. The predicted molar refractivity (Wildman–Crippen MR) is 86.2 cm³/mol. The van der Waals surface area contributed by atoms with Gasteiger partial charge < -0.3 is 19.7 Å². The molecule has 0 saturated carbocycles. The van der Waals surface area contributed by atoms with Crippen LogP contribution in [0.15, 0.2) is 24.3 Å². The Morgan fingerprint density at radius 1 is 1.25 bits per heavy atom. The number of benzene rings is 1. The number of amides is 2. The van der Waals surface area contributed by atoms with Gasteiger partial charge in [-0.1, -0.05) is 0 Å². The van der Waals surface area contributed by atoms with E-state index >= 15 is 0 Å². The van der Waals surface area contributed by atoms with Crippen molar-refractivity contribution in [3.8, 4) is 5.75 Å². The number of ether oxygens (including phenoxy) is 2. The van der Waals surface area contributed by atoms with Crippen LogP contribution in [-0.2, 0) is 9.53 Å². The number of carbonyl (C=O) groups excluding carboxylic acids is 2. The Kier molecular flexibility index (Phi) is 6.84. The highest BCUT2D eigenvalue weighted by Crippen LogP contribution is 2.18. The molecule has 0 unspecified atom stereocenters. The van der Waals surface area contributed by atoms with Gasteiger partial charge in [-0.15, -0.1) is 0 Å². The van der Waals surface area contributed by atoms with Crippen molar-refractivity contribution < 1.29 is 23.5 Å². The Hall–Kier alpha value is -2.31. The molecule has 6 nitrogen and oxygen atoms in total. The smallest absolute Gasteiger partial charge is 0.317 e. The van der Waals surface area contributed by atoms with Gasteiger partial charge in [0.15, 0.2) is 0 Å². The van der Waals surface area contributed by atoms with Crippen molar-refractivity contribution in [3.05, 3.63) is 30.1 Å². The van der Waals surface area contributed by atoms with Gasteiger partial charge in [-0.05, 0) is 44.0 Å². The Morgan fingerprint density at radius 2 is 1.92 bits per heavy atom. The molecule has 0 spiro atoms. The molecule has 1 heterocycles. The molecule has 1 fully saturated rings. The Balaban J connectivity index is 1.63. The second-order valence-corrected chi connectivity index (χ2v) is 5.55. The molecule has 0 aromatic heterocycles. The van der Waals surface area contributed by atoms with E-state index in [4.69, 9.17) is 9.47 Å². The van der Waals surface area contributed by atoms with Crippen molar-refractivity contribution in [2.45, 2.75) is 19.8 Å². The second kappa shape index (κ2) is 9.10. The van der Waals surface area contributed by atoms with E-state index < -0.39 is 0 Å². The molecule has 2 rings (SSSR count). The molecule has 1 N–H and O–H groups in total. The van der Waals surface area contributed by atoms with Gasteiger partial charge in [-0.3, -0.25) is 4.79 Å². The molecule has 0 radical (unpaired) electrons. The minimum absolute atomic E-state index is 0.115. The van der Waals surface area contributed by atoms with E-state index in [0.29, 0.717) is 51.4 Å². The maximum atomic E-state index is 12.8. The van der Waals surface area contributed by atoms with Crippen molar-refractivity contribution in [2.24, 2.45) is 5.92 Å². The molecule has 2 amide bonds. The first-order valence-electron chi connectivity index (χ1n) is 8.18. The first-order valence-corrected chi connectivity index (χ1v) is 8.18. The van der Waals surface area contributed by atoms with Crippen molar-refractivity contribution in [1.82, 2.24) is 10.2 Å². The zero-order valence-electron chi connectivity index (χ0n) is 13.8. The highest BCUT2D eigenvalue weighted by molar-refractivity contribution is 5.76. The van der Waals surface area contributed by atoms with E-state index in [1.807, 2.05) is 0 Å². The van der Waals surface area contributed by atoms with Crippen LogP contribution in [0.3, 0.4) is 0 Å². The van der Waals surface area contributed by atoms with Crippen molar-refractivity contribution in [3.63, 3.8) is 0 Å². The van der Waals surface area contributed by atoms with Gasteiger partial charge in [0.2, 0.25) is 0 Å². The number of rotatable bonds is 6. The third-order valence-electron chi connectivity index (χ3n) is 3.86. The number of hydrogen-bond acceptors (Lipinski definition) is 4. The fourth-order valence-corrected chi connectivity index (χ4v) is 2.55. The van der Waals surface area contributed by atoms with E-state index in [9.17, 15) is 14.0 Å². The number of esters is 1. The van der Waals surface area contributed by atoms with Crippen LogP contribution >= 0.6 is 0 Å². The number of likely N-dealkylation sites (tertiary alicyclic amines) is 1. The van der Waals surface area contributed by atoms with Crippen LogP contribution in [0.1, 0.15) is 19.8 Å². The second-order valence-electron chi connectivity index (χ2n) is 5.55. The minimum atomic E-state index is -0.318. The largest absolute Gasteiger partial charge is 0.492 e. The van der Waals surface area contributed by atoms with Gasteiger partial charge in [-0.2, -0.15) is 0 Å². The average molecular weight is 338 g/mol. The van der Waals surface area contributed by atoms with Crippen LogP contribution in [-0.4, -0.2) is 49.7 Å². The summed E-state index contributed by atoms with van der Waals surface area (Å²) in [5.41, 5.74) is 0. The molecule has 0 atom stereocenters. The van der Waals surface area contributed by atoms with Crippen LogP contribution in [0.2, 0.25) is 0 Å². The molecule has 1 aromatic carbocycles. The monoisotopic (exact) mass is 338 g/mol. The SMILES string of the molecule is CCOC(=O)C1CCN(C(=O)NCCOc2ccc(F)cc2)CC1. The molecular formula is C17H23FN2O4. The number of piperidine rings is 1. The maximum absolute atomic E-state index is 12.8. The van der Waals surface area contributed by atoms with Crippen LogP contribution in [0, 0.1) is 11.7 Å². The topological polar surface area (TPSA) is 67.9 Å². The summed E-state index contributed by atoms with van der Waals surface area (Å²) in [7, 11) is 0. The molecule has 1 saturated heterocycles. The summed E-state index contributed by atoms with van der Waals surface area (Å²) in [5.74, 6) is -0.0520. The van der Waals surface area contributed by atoms with E-state index in [1.54, 1.807) is 11.8 Å². The van der Waals surface area contributed by atoms with Crippen LogP contribution in [0.4, 0.5) is 9.18 Å². The molecule has 132 valence electrons. The lowest BCUT2D eigenvalue weighted by Crippen LogP contribution is -2.46. The van der Waals surface area contributed by atoms with Gasteiger partial charge in [-0.25, -0.2) is 9.18 Å². The first kappa shape index (κ1) is 18.0. The minimum Gasteiger partial charge on any atom is -0.492 e. The van der Waals surface area contributed by atoms with Gasteiger partial charge in [0.25, 0.3) is 0 Å². The van der Waals surface area contributed by atoms with E-state index in [0.717, 1.165) is 0 Å². The molecule has 0 aliphatic carbocycles. The number of carbonyl (C=O) groups is 2. The summed E-state index contributed by atoms with van der Waals surface area (Å²) in [5, 5.41) is 2.77. The van der Waals surface area contributed by atoms with E-state index in [2.05, 4.69) is 5.32 Å².